The molecule has 0 spiro atoms. The molecule has 0 saturated carbocycles. The third-order valence-corrected chi connectivity index (χ3v) is 2.49. The van der Waals surface area contributed by atoms with Crippen molar-refractivity contribution in [2.75, 3.05) is 13.7 Å². The third-order valence-electron chi connectivity index (χ3n) is 2.11. The van der Waals surface area contributed by atoms with Crippen LogP contribution in [0, 0.1) is 0 Å². The van der Waals surface area contributed by atoms with Crippen molar-refractivity contribution >= 4 is 27.5 Å². The molecule has 2 aromatic heterocycles. The molecule has 0 aliphatic rings. The summed E-state index contributed by atoms with van der Waals surface area (Å²) in [6, 6.07) is 0. The molecule has 2 aromatic rings. The summed E-state index contributed by atoms with van der Waals surface area (Å²) in [4.78, 5) is 19.9. The van der Waals surface area contributed by atoms with Gasteiger partial charge in [-0.15, -0.1) is 0 Å². The lowest BCUT2D eigenvalue weighted by molar-refractivity contribution is 0.0518. The highest BCUT2D eigenvalue weighted by Crippen LogP contribution is 2.20. The monoisotopic (exact) mass is 299 g/mol. The molecule has 7 heteroatoms. The van der Waals surface area contributed by atoms with Gasteiger partial charge in [0.2, 0.25) is 5.65 Å². The van der Waals surface area contributed by atoms with Gasteiger partial charge in [-0.1, -0.05) is 0 Å². The van der Waals surface area contributed by atoms with Crippen molar-refractivity contribution in [2.45, 2.75) is 6.92 Å². The first-order valence-corrected chi connectivity index (χ1v) is 5.71. The normalized spacial score (nSPS) is 10.5. The van der Waals surface area contributed by atoms with E-state index in [4.69, 9.17) is 9.47 Å². The molecule has 0 atom stereocenters. The van der Waals surface area contributed by atoms with Crippen molar-refractivity contribution in [3.8, 4) is 5.88 Å². The van der Waals surface area contributed by atoms with E-state index in [1.165, 1.54) is 13.3 Å². The second kappa shape index (κ2) is 4.70. The van der Waals surface area contributed by atoms with Gasteiger partial charge in [0.05, 0.1) is 19.9 Å². The zero-order valence-corrected chi connectivity index (χ0v) is 10.9. The molecule has 90 valence electrons. The molecule has 0 amide bonds. The van der Waals surface area contributed by atoms with E-state index >= 15 is 0 Å². The lowest BCUT2D eigenvalue weighted by Crippen LogP contribution is -2.08. The van der Waals surface area contributed by atoms with Crippen molar-refractivity contribution in [2.24, 2.45) is 0 Å². The summed E-state index contributed by atoms with van der Waals surface area (Å²) in [6.45, 7) is 2.06. The van der Waals surface area contributed by atoms with Gasteiger partial charge in [0, 0.05) is 6.20 Å². The summed E-state index contributed by atoms with van der Waals surface area (Å²) in [5.74, 6) is -0.0879. The highest BCUT2D eigenvalue weighted by atomic mass is 79.9. The maximum Gasteiger partial charge on any atom is 0.356 e. The first-order chi connectivity index (χ1) is 8.17. The average molecular weight is 300 g/mol. The molecule has 0 aliphatic heterocycles. The maximum atomic E-state index is 11.7. The fourth-order valence-corrected chi connectivity index (χ4v) is 1.79. The zero-order valence-electron chi connectivity index (χ0n) is 9.31. The van der Waals surface area contributed by atoms with E-state index in [-0.39, 0.29) is 0 Å². The van der Waals surface area contributed by atoms with Gasteiger partial charge < -0.3 is 9.47 Å². The summed E-state index contributed by atoms with van der Waals surface area (Å²) in [7, 11) is 1.49. The summed E-state index contributed by atoms with van der Waals surface area (Å²) in [5.41, 5.74) is 0.807. The molecular weight excluding hydrogens is 290 g/mol. The highest BCUT2D eigenvalue weighted by Gasteiger charge is 2.16. The standard InChI is InChI=1S/C10H10BrN3O3/c1-3-17-10(15)6-4-12-8-9(16-2)13-7(11)5-14(6)8/h4-5H,3H2,1-2H3. The van der Waals surface area contributed by atoms with Gasteiger partial charge in [0.25, 0.3) is 5.88 Å². The van der Waals surface area contributed by atoms with E-state index in [1.54, 1.807) is 17.5 Å². The topological polar surface area (TPSA) is 65.7 Å². The van der Waals surface area contributed by atoms with Gasteiger partial charge in [0.1, 0.15) is 4.60 Å². The Labute approximate surface area is 106 Å². The van der Waals surface area contributed by atoms with Crippen LogP contribution in [0.5, 0.6) is 5.88 Å². The number of hydrogen-bond donors (Lipinski definition) is 0. The minimum absolute atomic E-state index is 0.315. The third kappa shape index (κ3) is 2.10. The number of nitrogens with zero attached hydrogens (tertiary/aromatic N) is 3. The van der Waals surface area contributed by atoms with E-state index in [0.29, 0.717) is 28.4 Å². The first-order valence-electron chi connectivity index (χ1n) is 4.92. The molecule has 6 nitrogen and oxygen atoms in total. The zero-order chi connectivity index (χ0) is 12.4. The van der Waals surface area contributed by atoms with Crippen LogP contribution in [0.15, 0.2) is 17.0 Å². The molecular formula is C10H10BrN3O3. The molecule has 2 rings (SSSR count). The van der Waals surface area contributed by atoms with Gasteiger partial charge in [0.15, 0.2) is 5.69 Å². The van der Waals surface area contributed by atoms with Gasteiger partial charge in [-0.05, 0) is 22.9 Å². The minimum Gasteiger partial charge on any atom is -0.478 e. The number of fused-ring (bicyclic) bond motifs is 1. The first kappa shape index (κ1) is 11.8. The lowest BCUT2D eigenvalue weighted by atomic mass is 10.5. The molecule has 0 aromatic carbocycles. The number of hydrogen-bond acceptors (Lipinski definition) is 5. The quantitative estimate of drug-likeness (QED) is 0.807. The summed E-state index contributed by atoms with van der Waals surface area (Å²) in [5, 5.41) is 0. The number of methoxy groups -OCH3 is 1. The number of rotatable bonds is 3. The number of halogens is 1. The number of aromatic nitrogens is 3. The van der Waals surface area contributed by atoms with E-state index < -0.39 is 5.97 Å². The van der Waals surface area contributed by atoms with E-state index in [0.717, 1.165) is 0 Å². The van der Waals surface area contributed by atoms with Crippen molar-refractivity contribution in [1.29, 1.82) is 0 Å². The van der Waals surface area contributed by atoms with Crippen LogP contribution in [-0.4, -0.2) is 34.1 Å². The fraction of sp³-hybridized carbons (Fsp3) is 0.300. The van der Waals surface area contributed by atoms with Gasteiger partial charge in [-0.25, -0.2) is 14.8 Å². The van der Waals surface area contributed by atoms with Crippen LogP contribution < -0.4 is 4.74 Å². The Morgan fingerprint density at radius 1 is 1.59 bits per heavy atom. The van der Waals surface area contributed by atoms with Crippen LogP contribution in [0.1, 0.15) is 17.4 Å². The van der Waals surface area contributed by atoms with Crippen molar-refractivity contribution < 1.29 is 14.3 Å². The largest absolute Gasteiger partial charge is 0.478 e. The maximum absolute atomic E-state index is 11.7. The minimum atomic E-state index is -0.430. The van der Waals surface area contributed by atoms with Crippen LogP contribution >= 0.6 is 15.9 Å². The second-order valence-corrected chi connectivity index (χ2v) is 3.94. The van der Waals surface area contributed by atoms with Crippen LogP contribution in [0.2, 0.25) is 0 Å². The number of esters is 1. The Kier molecular flexibility index (Phi) is 3.28. The number of ether oxygens (including phenoxy) is 2. The highest BCUT2D eigenvalue weighted by molar-refractivity contribution is 9.10. The summed E-state index contributed by atoms with van der Waals surface area (Å²) < 4.78 is 12.1. The number of imidazole rings is 1. The fourth-order valence-electron chi connectivity index (χ4n) is 1.43. The molecule has 2 heterocycles. The Hall–Kier alpha value is -1.63. The molecule has 0 unspecified atom stereocenters. The van der Waals surface area contributed by atoms with Gasteiger partial charge in [-0.3, -0.25) is 4.40 Å². The Morgan fingerprint density at radius 2 is 2.35 bits per heavy atom. The Morgan fingerprint density at radius 3 is 3.00 bits per heavy atom. The smallest absolute Gasteiger partial charge is 0.356 e. The van der Waals surface area contributed by atoms with E-state index in [1.807, 2.05) is 0 Å². The second-order valence-electron chi connectivity index (χ2n) is 3.13. The van der Waals surface area contributed by atoms with Crippen LogP contribution in [0.25, 0.3) is 5.65 Å². The van der Waals surface area contributed by atoms with E-state index in [9.17, 15) is 4.79 Å². The SMILES string of the molecule is CCOC(=O)c1cnc2c(OC)nc(Br)cn12. The van der Waals surface area contributed by atoms with E-state index in [2.05, 4.69) is 25.9 Å². The molecule has 0 bridgehead atoms. The summed E-state index contributed by atoms with van der Waals surface area (Å²) in [6.07, 6.45) is 3.07. The molecule has 0 radical (unpaired) electrons. The average Bonchev–Trinajstić information content (AvgIpc) is 2.71. The van der Waals surface area contributed by atoms with Gasteiger partial charge >= 0.3 is 5.97 Å². The number of carbonyl (C=O) groups is 1. The predicted octanol–water partition coefficient (Wildman–Crippen LogP) is 1.68. The molecule has 0 aliphatic carbocycles. The molecule has 17 heavy (non-hydrogen) atoms. The molecule has 0 saturated heterocycles. The van der Waals surface area contributed by atoms with Crippen LogP contribution in [0.3, 0.4) is 0 Å². The molecule has 0 fully saturated rings. The Balaban J connectivity index is 2.60. The predicted molar refractivity (Wildman–Crippen MR) is 63.2 cm³/mol. The van der Waals surface area contributed by atoms with Crippen LogP contribution in [-0.2, 0) is 4.74 Å². The van der Waals surface area contributed by atoms with Crippen molar-refractivity contribution in [3.63, 3.8) is 0 Å². The van der Waals surface area contributed by atoms with Crippen molar-refractivity contribution in [3.05, 3.63) is 22.7 Å². The summed E-state index contributed by atoms with van der Waals surface area (Å²) >= 11 is 3.24. The molecule has 0 N–H and O–H groups in total. The van der Waals surface area contributed by atoms with Crippen LogP contribution in [0.4, 0.5) is 0 Å². The van der Waals surface area contributed by atoms with Gasteiger partial charge in [-0.2, -0.15) is 0 Å². The Bertz CT molecular complexity index is 567. The van der Waals surface area contributed by atoms with Crippen molar-refractivity contribution in [1.82, 2.24) is 14.4 Å². The lowest BCUT2D eigenvalue weighted by Gasteiger charge is -2.04. The number of carbonyl (C=O) groups excluding carboxylic acids is 1.